The molecule has 1 aromatic rings. The van der Waals surface area contributed by atoms with Crippen molar-refractivity contribution in [1.29, 1.82) is 0 Å². The van der Waals surface area contributed by atoms with E-state index in [1.54, 1.807) is 0 Å². The van der Waals surface area contributed by atoms with Crippen molar-refractivity contribution in [2.75, 3.05) is 13.7 Å². The number of benzene rings is 1. The molecular weight excluding hydrogens is 196 g/mol. The van der Waals surface area contributed by atoms with Crippen LogP contribution in [0.1, 0.15) is 12.5 Å². The molecule has 0 bridgehead atoms. The molecule has 0 aliphatic heterocycles. The molecule has 1 aromatic carbocycles. The van der Waals surface area contributed by atoms with E-state index >= 15 is 0 Å². The van der Waals surface area contributed by atoms with Crippen molar-refractivity contribution in [3.8, 4) is 0 Å². The Bertz CT molecular complexity index is 265. The van der Waals surface area contributed by atoms with Crippen LogP contribution in [0.5, 0.6) is 0 Å². The summed E-state index contributed by atoms with van der Waals surface area (Å²) in [7, 11) is -1.47. The highest BCUT2D eigenvalue weighted by atomic mass is 28.4. The maximum Gasteiger partial charge on any atom is 0.502 e. The zero-order valence-electron chi connectivity index (χ0n) is 8.56. The topological polar surface area (TPSA) is 38.7 Å². The molecule has 0 fully saturated rings. The molecule has 3 nitrogen and oxygen atoms in total. The molecule has 0 heterocycles. The Balaban J connectivity index is 2.65. The van der Waals surface area contributed by atoms with Gasteiger partial charge in [-0.25, -0.2) is 0 Å². The molecule has 0 radical (unpaired) electrons. The van der Waals surface area contributed by atoms with Gasteiger partial charge in [-0.05, 0) is 12.5 Å². The predicted molar refractivity (Wildman–Crippen MR) is 56.8 cm³/mol. The van der Waals surface area contributed by atoms with Crippen molar-refractivity contribution >= 4 is 8.80 Å². The molecule has 14 heavy (non-hydrogen) atoms. The van der Waals surface area contributed by atoms with Gasteiger partial charge in [0.05, 0.1) is 0 Å². The second-order valence-electron chi connectivity index (χ2n) is 3.01. The van der Waals surface area contributed by atoms with Gasteiger partial charge in [-0.15, -0.1) is 0 Å². The lowest BCUT2D eigenvalue weighted by atomic mass is 10.2. The Morgan fingerprint density at radius 1 is 1.29 bits per heavy atom. The number of hydrogen-bond acceptors (Lipinski definition) is 3. The minimum Gasteiger partial charge on any atom is -0.390 e. The Hall–Kier alpha value is -0.683. The lowest BCUT2D eigenvalue weighted by molar-refractivity contribution is 0.127. The van der Waals surface area contributed by atoms with Gasteiger partial charge < -0.3 is 13.6 Å². The SMILES string of the molecule is CCO[Si](O)(Cc1ccccc1)OC. The zero-order valence-corrected chi connectivity index (χ0v) is 9.56. The molecule has 1 rings (SSSR count). The van der Waals surface area contributed by atoms with Gasteiger partial charge in [-0.3, -0.25) is 0 Å². The molecule has 1 atom stereocenters. The fraction of sp³-hybridized carbons (Fsp3) is 0.400. The van der Waals surface area contributed by atoms with Gasteiger partial charge in [-0.2, -0.15) is 0 Å². The van der Waals surface area contributed by atoms with E-state index < -0.39 is 8.80 Å². The summed E-state index contributed by atoms with van der Waals surface area (Å²) in [6, 6.07) is 10.2. The maximum absolute atomic E-state index is 9.97. The van der Waals surface area contributed by atoms with E-state index in [4.69, 9.17) is 8.85 Å². The molecule has 1 unspecified atom stereocenters. The Morgan fingerprint density at radius 2 is 1.93 bits per heavy atom. The molecule has 1 N–H and O–H groups in total. The monoisotopic (exact) mass is 212 g/mol. The zero-order chi connectivity index (χ0) is 10.4. The fourth-order valence-corrected chi connectivity index (χ4v) is 2.83. The molecule has 0 saturated carbocycles. The van der Waals surface area contributed by atoms with Gasteiger partial charge in [0, 0.05) is 19.8 Å². The normalized spacial score (nSPS) is 15.1. The molecule has 0 aliphatic rings. The summed E-state index contributed by atoms with van der Waals surface area (Å²) in [6.07, 6.45) is 0. The van der Waals surface area contributed by atoms with Crippen LogP contribution in [0.15, 0.2) is 30.3 Å². The number of rotatable bonds is 5. The van der Waals surface area contributed by atoms with Crippen LogP contribution in [-0.4, -0.2) is 27.3 Å². The van der Waals surface area contributed by atoms with Gasteiger partial charge in [0.15, 0.2) is 0 Å². The molecule has 0 saturated heterocycles. The first-order chi connectivity index (χ1) is 6.70. The summed E-state index contributed by atoms with van der Waals surface area (Å²) < 4.78 is 10.3. The molecule has 0 aromatic heterocycles. The van der Waals surface area contributed by atoms with Crippen LogP contribution in [0.2, 0.25) is 0 Å². The third kappa shape index (κ3) is 3.23. The van der Waals surface area contributed by atoms with Crippen LogP contribution in [-0.2, 0) is 14.9 Å². The van der Waals surface area contributed by atoms with E-state index in [1.165, 1.54) is 7.11 Å². The smallest absolute Gasteiger partial charge is 0.390 e. The first-order valence-electron chi connectivity index (χ1n) is 4.65. The Labute approximate surface area is 85.7 Å². The van der Waals surface area contributed by atoms with Gasteiger partial charge in [0.25, 0.3) is 0 Å². The molecule has 0 amide bonds. The van der Waals surface area contributed by atoms with Gasteiger partial charge in [0.1, 0.15) is 0 Å². The van der Waals surface area contributed by atoms with Gasteiger partial charge in [0.2, 0.25) is 0 Å². The van der Waals surface area contributed by atoms with Crippen molar-refractivity contribution < 1.29 is 13.6 Å². The van der Waals surface area contributed by atoms with Crippen molar-refractivity contribution in [1.82, 2.24) is 0 Å². The first-order valence-corrected chi connectivity index (χ1v) is 6.62. The minimum absolute atomic E-state index is 0.470. The lowest BCUT2D eigenvalue weighted by Gasteiger charge is -2.21. The molecule has 78 valence electrons. The van der Waals surface area contributed by atoms with Gasteiger partial charge >= 0.3 is 8.80 Å². The first kappa shape index (κ1) is 11.4. The Morgan fingerprint density at radius 3 is 2.43 bits per heavy atom. The number of hydrogen-bond donors (Lipinski definition) is 1. The second-order valence-corrected chi connectivity index (χ2v) is 5.49. The van der Waals surface area contributed by atoms with Crippen LogP contribution in [0.3, 0.4) is 0 Å². The van der Waals surface area contributed by atoms with Crippen LogP contribution in [0.25, 0.3) is 0 Å². The van der Waals surface area contributed by atoms with Crippen molar-refractivity contribution in [3.63, 3.8) is 0 Å². The summed E-state index contributed by atoms with van der Waals surface area (Å²) in [5.74, 6) is 0. The van der Waals surface area contributed by atoms with Crippen LogP contribution in [0.4, 0.5) is 0 Å². The van der Waals surface area contributed by atoms with E-state index in [0.29, 0.717) is 12.7 Å². The highest BCUT2D eigenvalue weighted by Gasteiger charge is 2.35. The maximum atomic E-state index is 9.97. The van der Waals surface area contributed by atoms with E-state index in [2.05, 4.69) is 0 Å². The lowest BCUT2D eigenvalue weighted by Crippen LogP contribution is -2.44. The molecule has 4 heteroatoms. The van der Waals surface area contributed by atoms with E-state index in [9.17, 15) is 4.80 Å². The second kappa shape index (κ2) is 5.26. The largest absolute Gasteiger partial charge is 0.502 e. The summed E-state index contributed by atoms with van der Waals surface area (Å²) in [5.41, 5.74) is 1.04. The van der Waals surface area contributed by atoms with Crippen LogP contribution in [0, 0.1) is 0 Å². The summed E-state index contributed by atoms with van der Waals surface area (Å²) in [5, 5.41) is 0. The quantitative estimate of drug-likeness (QED) is 0.749. The fourth-order valence-electron chi connectivity index (χ4n) is 1.26. The average Bonchev–Trinajstić information content (AvgIpc) is 2.20. The molecule has 0 aliphatic carbocycles. The summed E-state index contributed by atoms with van der Waals surface area (Å²) in [6.45, 7) is 2.32. The Kier molecular flexibility index (Phi) is 4.28. The van der Waals surface area contributed by atoms with Gasteiger partial charge in [-0.1, -0.05) is 30.3 Å². The van der Waals surface area contributed by atoms with Crippen LogP contribution < -0.4 is 0 Å². The molecular formula is C10H16O3Si. The standard InChI is InChI=1S/C10H16O3Si/c1-3-13-14(11,12-2)9-10-7-5-4-6-8-10/h4-8,11H,3,9H2,1-2H3. The van der Waals surface area contributed by atoms with E-state index in [0.717, 1.165) is 5.56 Å². The third-order valence-electron chi connectivity index (χ3n) is 1.96. The minimum atomic E-state index is -2.96. The third-order valence-corrected chi connectivity index (χ3v) is 4.19. The average molecular weight is 212 g/mol. The summed E-state index contributed by atoms with van der Waals surface area (Å²) in [4.78, 5) is 9.97. The predicted octanol–water partition coefficient (Wildman–Crippen LogP) is 1.38. The molecule has 0 spiro atoms. The van der Waals surface area contributed by atoms with E-state index in [1.807, 2.05) is 37.3 Å². The highest BCUT2D eigenvalue weighted by molar-refractivity contribution is 6.58. The highest BCUT2D eigenvalue weighted by Crippen LogP contribution is 2.11. The van der Waals surface area contributed by atoms with Crippen molar-refractivity contribution in [2.45, 2.75) is 13.0 Å². The van der Waals surface area contributed by atoms with Crippen molar-refractivity contribution in [2.24, 2.45) is 0 Å². The summed E-state index contributed by atoms with van der Waals surface area (Å²) >= 11 is 0. The van der Waals surface area contributed by atoms with Crippen molar-refractivity contribution in [3.05, 3.63) is 35.9 Å². The van der Waals surface area contributed by atoms with E-state index in [-0.39, 0.29) is 0 Å². The van der Waals surface area contributed by atoms with Crippen LogP contribution >= 0.6 is 0 Å².